The number of nitrogens with zero attached hydrogens (tertiary/aromatic N) is 3. The largest absolute Gasteiger partial charge is 0.375 e. The molecule has 1 aliphatic rings. The molecule has 1 saturated heterocycles. The van der Waals surface area contributed by atoms with Gasteiger partial charge in [-0.3, -0.25) is 14.9 Å². The fraction of sp³-hybridized carbons (Fsp3) is 0.208. The molecule has 0 unspecified atom stereocenters. The third-order valence-electron chi connectivity index (χ3n) is 5.54. The first-order chi connectivity index (χ1) is 15.5. The van der Waals surface area contributed by atoms with Gasteiger partial charge < -0.3 is 15.1 Å². The zero-order valence-electron chi connectivity index (χ0n) is 17.4. The zero-order valence-corrected chi connectivity index (χ0v) is 19.6. The minimum atomic E-state index is -0.366. The van der Waals surface area contributed by atoms with Crippen LogP contribution in [0.15, 0.2) is 72.8 Å². The average Bonchev–Trinajstić information content (AvgIpc) is 2.83. The summed E-state index contributed by atoms with van der Waals surface area (Å²) in [4.78, 5) is 28.1. The monoisotopic (exact) mass is 542 g/mol. The molecule has 1 aliphatic heterocycles. The van der Waals surface area contributed by atoms with E-state index >= 15 is 0 Å². The molecule has 164 valence electrons. The number of anilines is 2. The predicted molar refractivity (Wildman–Crippen MR) is 134 cm³/mol. The van der Waals surface area contributed by atoms with Gasteiger partial charge in [-0.1, -0.05) is 42.5 Å². The number of amides is 1. The Morgan fingerprint density at radius 1 is 0.969 bits per heavy atom. The minimum Gasteiger partial charge on any atom is -0.375 e. The van der Waals surface area contributed by atoms with Crippen molar-refractivity contribution in [3.63, 3.8) is 0 Å². The number of rotatable bonds is 6. The molecule has 0 atom stereocenters. The summed E-state index contributed by atoms with van der Waals surface area (Å²) < 4.78 is 0.946. The third-order valence-corrected chi connectivity index (χ3v) is 6.48. The third kappa shape index (κ3) is 5.01. The highest BCUT2D eigenvalue weighted by atomic mass is 127. The van der Waals surface area contributed by atoms with E-state index in [-0.39, 0.29) is 16.5 Å². The maximum atomic E-state index is 12.9. The minimum absolute atomic E-state index is 0.0450. The molecule has 4 rings (SSSR count). The molecule has 1 heterocycles. The highest BCUT2D eigenvalue weighted by Crippen LogP contribution is 2.30. The van der Waals surface area contributed by atoms with E-state index in [9.17, 15) is 14.9 Å². The molecule has 1 amide bonds. The van der Waals surface area contributed by atoms with Gasteiger partial charge in [-0.15, -0.1) is 0 Å². The molecule has 1 N–H and O–H groups in total. The molecule has 3 aromatic rings. The Morgan fingerprint density at radius 2 is 1.66 bits per heavy atom. The van der Waals surface area contributed by atoms with Crippen LogP contribution in [-0.4, -0.2) is 41.9 Å². The van der Waals surface area contributed by atoms with Gasteiger partial charge in [-0.2, -0.15) is 0 Å². The van der Waals surface area contributed by atoms with Crippen molar-refractivity contribution in [3.05, 3.63) is 97.6 Å². The van der Waals surface area contributed by atoms with Gasteiger partial charge in [0.05, 0.1) is 10.5 Å². The van der Waals surface area contributed by atoms with E-state index in [1.54, 1.807) is 12.1 Å². The fourth-order valence-corrected chi connectivity index (χ4v) is 4.41. The molecular weight excluding hydrogens is 519 g/mol. The number of halogens is 1. The Bertz CT molecular complexity index is 1120. The van der Waals surface area contributed by atoms with Gasteiger partial charge in [0, 0.05) is 48.0 Å². The van der Waals surface area contributed by atoms with Crippen LogP contribution in [0.2, 0.25) is 0 Å². The van der Waals surface area contributed by atoms with Crippen LogP contribution in [0.5, 0.6) is 0 Å². The zero-order chi connectivity index (χ0) is 22.5. The van der Waals surface area contributed by atoms with Gasteiger partial charge in [0.1, 0.15) is 5.69 Å². The van der Waals surface area contributed by atoms with E-state index in [2.05, 4.69) is 32.8 Å². The Labute approximate surface area is 200 Å². The standard InChI is InChI=1S/C24H23IN4O3/c25-21-9-5-4-8-20(21)24(30)28-14-12-27(13-15-28)19-10-11-23(29(31)32)22(16-19)26-17-18-6-2-1-3-7-18/h1-11,16,26H,12-15,17H2. The van der Waals surface area contributed by atoms with Crippen molar-refractivity contribution in [2.75, 3.05) is 36.4 Å². The molecule has 32 heavy (non-hydrogen) atoms. The van der Waals surface area contributed by atoms with Crippen LogP contribution in [0.3, 0.4) is 0 Å². The number of piperazine rings is 1. The van der Waals surface area contributed by atoms with Gasteiger partial charge in [-0.25, -0.2) is 0 Å². The van der Waals surface area contributed by atoms with Crippen LogP contribution in [0.4, 0.5) is 17.1 Å². The van der Waals surface area contributed by atoms with Gasteiger partial charge in [0.15, 0.2) is 0 Å². The summed E-state index contributed by atoms with van der Waals surface area (Å²) in [5, 5.41) is 14.7. The number of carbonyl (C=O) groups is 1. The number of hydrogen-bond acceptors (Lipinski definition) is 5. The summed E-state index contributed by atoms with van der Waals surface area (Å²) in [5.41, 5.74) is 3.23. The molecule has 3 aromatic carbocycles. The molecule has 0 saturated carbocycles. The van der Waals surface area contributed by atoms with E-state index in [1.807, 2.05) is 65.6 Å². The van der Waals surface area contributed by atoms with Crippen LogP contribution in [0.25, 0.3) is 0 Å². The highest BCUT2D eigenvalue weighted by molar-refractivity contribution is 14.1. The summed E-state index contributed by atoms with van der Waals surface area (Å²) in [7, 11) is 0. The number of nitro groups is 1. The molecule has 0 aromatic heterocycles. The first-order valence-corrected chi connectivity index (χ1v) is 11.5. The van der Waals surface area contributed by atoms with Crippen LogP contribution in [0, 0.1) is 13.7 Å². The van der Waals surface area contributed by atoms with Crippen molar-refractivity contribution < 1.29 is 9.72 Å². The number of nitro benzene ring substituents is 1. The molecule has 0 radical (unpaired) electrons. The van der Waals surface area contributed by atoms with Crippen LogP contribution >= 0.6 is 22.6 Å². The van der Waals surface area contributed by atoms with Crippen LogP contribution in [-0.2, 0) is 6.54 Å². The van der Waals surface area contributed by atoms with Crippen molar-refractivity contribution in [1.82, 2.24) is 4.90 Å². The summed E-state index contributed by atoms with van der Waals surface area (Å²) >= 11 is 2.19. The number of carbonyl (C=O) groups excluding carboxylic acids is 1. The summed E-state index contributed by atoms with van der Waals surface area (Å²) in [6.45, 7) is 3.06. The summed E-state index contributed by atoms with van der Waals surface area (Å²) in [6.07, 6.45) is 0. The molecule has 0 aliphatic carbocycles. The lowest BCUT2D eigenvalue weighted by Crippen LogP contribution is -2.49. The topological polar surface area (TPSA) is 78.7 Å². The predicted octanol–water partition coefficient (Wildman–Crippen LogP) is 4.77. The van der Waals surface area contributed by atoms with Crippen LogP contribution in [0.1, 0.15) is 15.9 Å². The first kappa shape index (κ1) is 22.1. The van der Waals surface area contributed by atoms with Gasteiger partial charge in [-0.05, 0) is 52.4 Å². The van der Waals surface area contributed by atoms with Gasteiger partial charge in [0.2, 0.25) is 0 Å². The molecule has 7 nitrogen and oxygen atoms in total. The molecule has 0 spiro atoms. The summed E-state index contributed by atoms with van der Waals surface area (Å²) in [5.74, 6) is 0.0450. The lowest BCUT2D eigenvalue weighted by atomic mass is 10.1. The van der Waals surface area contributed by atoms with Crippen molar-refractivity contribution >= 4 is 45.6 Å². The number of nitrogens with one attached hydrogen (secondary N) is 1. The Morgan fingerprint density at radius 3 is 2.34 bits per heavy atom. The highest BCUT2D eigenvalue weighted by Gasteiger charge is 2.24. The maximum Gasteiger partial charge on any atom is 0.292 e. The number of hydrogen-bond donors (Lipinski definition) is 1. The maximum absolute atomic E-state index is 12.9. The smallest absolute Gasteiger partial charge is 0.292 e. The lowest BCUT2D eigenvalue weighted by Gasteiger charge is -2.36. The van der Waals surface area contributed by atoms with Crippen molar-refractivity contribution in [2.24, 2.45) is 0 Å². The Kier molecular flexibility index (Phi) is 6.89. The van der Waals surface area contributed by atoms with E-state index < -0.39 is 0 Å². The molecule has 0 bridgehead atoms. The van der Waals surface area contributed by atoms with Crippen molar-refractivity contribution in [1.29, 1.82) is 0 Å². The average molecular weight is 542 g/mol. The van der Waals surface area contributed by atoms with Crippen LogP contribution < -0.4 is 10.2 Å². The second kappa shape index (κ2) is 9.99. The first-order valence-electron chi connectivity index (χ1n) is 10.4. The second-order valence-corrected chi connectivity index (χ2v) is 8.72. The van der Waals surface area contributed by atoms with Gasteiger partial charge >= 0.3 is 0 Å². The second-order valence-electron chi connectivity index (χ2n) is 7.56. The lowest BCUT2D eigenvalue weighted by molar-refractivity contribution is -0.384. The molecule has 8 heteroatoms. The van der Waals surface area contributed by atoms with Crippen molar-refractivity contribution in [3.8, 4) is 0 Å². The molecule has 1 fully saturated rings. The Balaban J connectivity index is 1.45. The number of benzene rings is 3. The normalized spacial score (nSPS) is 13.7. The van der Waals surface area contributed by atoms with E-state index in [0.717, 1.165) is 20.4 Å². The SMILES string of the molecule is O=C(c1ccccc1I)N1CCN(c2ccc([N+](=O)[O-])c(NCc3ccccc3)c2)CC1. The van der Waals surface area contributed by atoms with E-state index in [1.165, 1.54) is 0 Å². The fourth-order valence-electron chi connectivity index (χ4n) is 3.79. The van der Waals surface area contributed by atoms with Gasteiger partial charge in [0.25, 0.3) is 11.6 Å². The van der Waals surface area contributed by atoms with E-state index in [4.69, 9.17) is 0 Å². The van der Waals surface area contributed by atoms with Crippen molar-refractivity contribution in [2.45, 2.75) is 6.54 Å². The summed E-state index contributed by atoms with van der Waals surface area (Å²) in [6, 6.07) is 22.5. The molecular formula is C24H23IN4O3. The van der Waals surface area contributed by atoms with E-state index in [0.29, 0.717) is 38.4 Å². The quantitative estimate of drug-likeness (QED) is 0.276. The Hall–Kier alpha value is -3.14.